The molecule has 0 radical (unpaired) electrons. The zero-order valence-corrected chi connectivity index (χ0v) is 14.0. The maximum atomic E-state index is 11.8. The number of sulfonamides is 1. The van der Waals surface area contributed by atoms with Gasteiger partial charge in [0.1, 0.15) is 0 Å². The fourth-order valence-corrected chi connectivity index (χ4v) is 3.12. The van der Waals surface area contributed by atoms with Crippen molar-refractivity contribution >= 4 is 27.5 Å². The molecule has 5 nitrogen and oxygen atoms in total. The molecule has 0 aliphatic rings. The topological polar surface area (TPSA) is 66.5 Å². The van der Waals surface area contributed by atoms with Gasteiger partial charge < -0.3 is 5.32 Å². The number of amides is 1. The second-order valence-electron chi connectivity index (χ2n) is 5.13. The number of rotatable bonds is 7. The second-order valence-corrected chi connectivity index (χ2v) is 7.50. The smallest absolute Gasteiger partial charge is 0.235 e. The predicted octanol–water partition coefficient (Wildman–Crippen LogP) is 1.67. The minimum absolute atomic E-state index is 0.156. The first kappa shape index (κ1) is 17.9. The van der Waals surface area contributed by atoms with E-state index in [-0.39, 0.29) is 18.5 Å². The molecule has 0 aliphatic heterocycles. The van der Waals surface area contributed by atoms with Gasteiger partial charge in [-0.2, -0.15) is 4.31 Å². The molecule has 1 rings (SSSR count). The molecule has 7 heteroatoms. The number of nitrogens with zero attached hydrogens (tertiary/aromatic N) is 1. The van der Waals surface area contributed by atoms with Gasteiger partial charge in [0.05, 0.1) is 12.8 Å². The van der Waals surface area contributed by atoms with Gasteiger partial charge in [0, 0.05) is 17.6 Å². The lowest BCUT2D eigenvalue weighted by Gasteiger charge is -2.23. The minimum Gasteiger partial charge on any atom is -0.355 e. The van der Waals surface area contributed by atoms with Gasteiger partial charge in [-0.15, -0.1) is 0 Å². The molecular weight excluding hydrogens is 312 g/mol. The van der Waals surface area contributed by atoms with E-state index in [0.29, 0.717) is 18.0 Å². The normalized spacial score (nSPS) is 11.9. The highest BCUT2D eigenvalue weighted by atomic mass is 35.5. The number of carbonyl (C=O) groups is 1. The Bertz CT molecular complexity index is 570. The quantitative estimate of drug-likeness (QED) is 0.826. The van der Waals surface area contributed by atoms with E-state index < -0.39 is 10.0 Å². The summed E-state index contributed by atoms with van der Waals surface area (Å²) in [5, 5.41) is 3.40. The van der Waals surface area contributed by atoms with Gasteiger partial charge in [-0.05, 0) is 38.0 Å². The van der Waals surface area contributed by atoms with Gasteiger partial charge >= 0.3 is 0 Å². The molecule has 1 aromatic carbocycles. The summed E-state index contributed by atoms with van der Waals surface area (Å²) in [6.07, 6.45) is 1.78. The highest BCUT2D eigenvalue weighted by Crippen LogP contribution is 2.09. The lowest BCUT2D eigenvalue weighted by Crippen LogP contribution is -2.44. The molecule has 0 atom stereocenters. The van der Waals surface area contributed by atoms with E-state index in [2.05, 4.69) is 5.32 Å². The highest BCUT2D eigenvalue weighted by molar-refractivity contribution is 7.88. The number of carbonyl (C=O) groups excluding carboxylic acids is 1. The first-order chi connectivity index (χ1) is 9.70. The van der Waals surface area contributed by atoms with Gasteiger partial charge in [0.25, 0.3) is 0 Å². The number of hydrogen-bond acceptors (Lipinski definition) is 3. The summed E-state index contributed by atoms with van der Waals surface area (Å²) >= 11 is 5.79. The van der Waals surface area contributed by atoms with Crippen molar-refractivity contribution in [1.82, 2.24) is 9.62 Å². The van der Waals surface area contributed by atoms with Crippen LogP contribution in [0.1, 0.15) is 19.4 Å². The van der Waals surface area contributed by atoms with Crippen molar-refractivity contribution in [2.75, 3.05) is 19.3 Å². The third kappa shape index (κ3) is 6.46. The number of nitrogens with one attached hydrogen (secondary N) is 1. The number of halogens is 1. The SMILES string of the molecule is CC(C)N(CC(=O)NCCc1ccc(Cl)cc1)S(C)(=O)=O. The third-order valence-corrected chi connectivity index (χ3v) is 4.61. The molecule has 1 aromatic rings. The molecule has 0 bridgehead atoms. The largest absolute Gasteiger partial charge is 0.355 e. The Labute approximate surface area is 131 Å². The molecule has 0 heterocycles. The predicted molar refractivity (Wildman–Crippen MR) is 84.9 cm³/mol. The van der Waals surface area contributed by atoms with Crippen LogP contribution in [0.5, 0.6) is 0 Å². The molecule has 0 aliphatic carbocycles. The van der Waals surface area contributed by atoms with Crippen LogP contribution in [-0.2, 0) is 21.2 Å². The first-order valence-corrected chi connectivity index (χ1v) is 8.90. The fraction of sp³-hybridized carbons (Fsp3) is 0.500. The second kappa shape index (κ2) is 7.77. The molecule has 0 spiro atoms. The Morgan fingerprint density at radius 3 is 2.33 bits per heavy atom. The van der Waals surface area contributed by atoms with Crippen LogP contribution in [0.3, 0.4) is 0 Å². The van der Waals surface area contributed by atoms with Crippen molar-refractivity contribution in [2.45, 2.75) is 26.3 Å². The Morgan fingerprint density at radius 2 is 1.86 bits per heavy atom. The number of benzene rings is 1. The van der Waals surface area contributed by atoms with Crippen molar-refractivity contribution in [3.8, 4) is 0 Å². The lowest BCUT2D eigenvalue weighted by molar-refractivity contribution is -0.121. The highest BCUT2D eigenvalue weighted by Gasteiger charge is 2.22. The Morgan fingerprint density at radius 1 is 1.29 bits per heavy atom. The van der Waals surface area contributed by atoms with Crippen molar-refractivity contribution in [3.05, 3.63) is 34.9 Å². The number of hydrogen-bond donors (Lipinski definition) is 1. The summed E-state index contributed by atoms with van der Waals surface area (Å²) in [6.45, 7) is 3.78. The summed E-state index contributed by atoms with van der Waals surface area (Å²) < 4.78 is 24.3. The van der Waals surface area contributed by atoms with Crippen LogP contribution in [0.2, 0.25) is 5.02 Å². The lowest BCUT2D eigenvalue weighted by atomic mass is 10.1. The average Bonchev–Trinajstić information content (AvgIpc) is 2.36. The Hall–Kier alpha value is -1.11. The molecular formula is C14H21ClN2O3S. The van der Waals surface area contributed by atoms with Crippen molar-refractivity contribution in [2.24, 2.45) is 0 Å². The third-order valence-electron chi connectivity index (χ3n) is 2.95. The average molecular weight is 333 g/mol. The maximum Gasteiger partial charge on any atom is 0.235 e. The molecule has 1 N–H and O–H groups in total. The summed E-state index contributed by atoms with van der Waals surface area (Å²) in [5.74, 6) is -0.303. The van der Waals surface area contributed by atoms with Crippen LogP contribution in [0.25, 0.3) is 0 Å². The first-order valence-electron chi connectivity index (χ1n) is 6.68. The van der Waals surface area contributed by atoms with Crippen LogP contribution in [-0.4, -0.2) is 44.0 Å². The standard InChI is InChI=1S/C14H21ClN2O3S/c1-11(2)17(21(3,19)20)10-14(18)16-9-8-12-4-6-13(15)7-5-12/h4-7,11H,8-10H2,1-3H3,(H,16,18). The van der Waals surface area contributed by atoms with E-state index in [1.54, 1.807) is 26.0 Å². The molecule has 0 aromatic heterocycles. The van der Waals surface area contributed by atoms with Gasteiger partial charge in [-0.1, -0.05) is 23.7 Å². The molecule has 0 unspecified atom stereocenters. The molecule has 118 valence electrons. The van der Waals surface area contributed by atoms with Crippen LogP contribution in [0, 0.1) is 0 Å². The Balaban J connectivity index is 2.45. The van der Waals surface area contributed by atoms with E-state index in [1.165, 1.54) is 4.31 Å². The van der Waals surface area contributed by atoms with Crippen LogP contribution >= 0.6 is 11.6 Å². The van der Waals surface area contributed by atoms with Gasteiger partial charge in [0.15, 0.2) is 0 Å². The summed E-state index contributed by atoms with van der Waals surface area (Å²) in [5.41, 5.74) is 1.06. The zero-order chi connectivity index (χ0) is 16.0. The van der Waals surface area contributed by atoms with Gasteiger partial charge in [-0.3, -0.25) is 4.79 Å². The zero-order valence-electron chi connectivity index (χ0n) is 12.5. The van der Waals surface area contributed by atoms with Crippen LogP contribution < -0.4 is 5.32 Å². The van der Waals surface area contributed by atoms with E-state index in [1.807, 2.05) is 12.1 Å². The van der Waals surface area contributed by atoms with Gasteiger partial charge in [-0.25, -0.2) is 8.42 Å². The van der Waals surface area contributed by atoms with Crippen molar-refractivity contribution in [1.29, 1.82) is 0 Å². The van der Waals surface area contributed by atoms with E-state index in [4.69, 9.17) is 11.6 Å². The molecule has 0 saturated heterocycles. The van der Waals surface area contributed by atoms with Gasteiger partial charge in [0.2, 0.25) is 15.9 Å². The minimum atomic E-state index is -3.38. The summed E-state index contributed by atoms with van der Waals surface area (Å²) in [6, 6.07) is 7.13. The monoisotopic (exact) mass is 332 g/mol. The fourth-order valence-electron chi connectivity index (χ4n) is 1.88. The van der Waals surface area contributed by atoms with Crippen LogP contribution in [0.4, 0.5) is 0 Å². The maximum absolute atomic E-state index is 11.8. The van der Waals surface area contributed by atoms with E-state index >= 15 is 0 Å². The molecule has 21 heavy (non-hydrogen) atoms. The van der Waals surface area contributed by atoms with E-state index in [0.717, 1.165) is 11.8 Å². The van der Waals surface area contributed by atoms with Crippen molar-refractivity contribution in [3.63, 3.8) is 0 Å². The molecule has 0 fully saturated rings. The summed E-state index contributed by atoms with van der Waals surface area (Å²) in [7, 11) is -3.38. The Kier molecular flexibility index (Phi) is 6.64. The summed E-state index contributed by atoms with van der Waals surface area (Å²) in [4.78, 5) is 11.8. The van der Waals surface area contributed by atoms with Crippen LogP contribution in [0.15, 0.2) is 24.3 Å². The molecule has 1 amide bonds. The van der Waals surface area contributed by atoms with E-state index in [9.17, 15) is 13.2 Å². The molecule has 0 saturated carbocycles. The van der Waals surface area contributed by atoms with Crippen molar-refractivity contribution < 1.29 is 13.2 Å².